The Hall–Kier alpha value is -0.700. The van der Waals surface area contributed by atoms with E-state index >= 15 is 0 Å². The summed E-state index contributed by atoms with van der Waals surface area (Å²) in [5.41, 5.74) is 0.922. The first-order valence-electron chi connectivity index (χ1n) is 7.48. The van der Waals surface area contributed by atoms with E-state index in [0.717, 1.165) is 31.4 Å². The van der Waals surface area contributed by atoms with Crippen LogP contribution in [0.2, 0.25) is 0 Å². The lowest BCUT2D eigenvalue weighted by atomic mass is 10.3. The van der Waals surface area contributed by atoms with Crippen LogP contribution in [0.5, 0.6) is 0 Å². The molecule has 0 aromatic carbocycles. The number of aromatic nitrogens is 1. The van der Waals surface area contributed by atoms with Gasteiger partial charge in [0.05, 0.1) is 19.4 Å². The van der Waals surface area contributed by atoms with Gasteiger partial charge in [-0.25, -0.2) is 0 Å². The third-order valence-electron chi connectivity index (χ3n) is 2.94. The molecule has 0 amide bonds. The number of pyridine rings is 1. The van der Waals surface area contributed by atoms with Crippen molar-refractivity contribution in [3.05, 3.63) is 30.1 Å². The molecule has 0 saturated carbocycles. The summed E-state index contributed by atoms with van der Waals surface area (Å²) in [4.78, 5) is 4.24. The first-order chi connectivity index (χ1) is 9.70. The summed E-state index contributed by atoms with van der Waals surface area (Å²) < 4.78 is 23.8. The predicted octanol–water partition coefficient (Wildman–Crippen LogP) is 4.45. The molecule has 0 aliphatic carbocycles. The van der Waals surface area contributed by atoms with Gasteiger partial charge in [-0.15, -0.1) is 0 Å². The lowest BCUT2D eigenvalue weighted by Crippen LogP contribution is -2.05. The Morgan fingerprint density at radius 1 is 1.10 bits per heavy atom. The van der Waals surface area contributed by atoms with Gasteiger partial charge in [0.25, 0.3) is 0 Å². The highest BCUT2D eigenvalue weighted by Crippen LogP contribution is 2.48. The Kier molecular flexibility index (Phi) is 8.75. The number of aryl methyl sites for hydroxylation is 1. The molecule has 0 spiro atoms. The Morgan fingerprint density at radius 3 is 2.25 bits per heavy atom. The second-order valence-electron chi connectivity index (χ2n) is 4.78. The number of nitrogens with zero attached hydrogens (tertiary/aromatic N) is 1. The molecular formula is C15H26NO3P. The van der Waals surface area contributed by atoms with E-state index < -0.39 is 7.60 Å². The van der Waals surface area contributed by atoms with Crippen LogP contribution >= 0.6 is 7.60 Å². The van der Waals surface area contributed by atoms with E-state index in [4.69, 9.17) is 9.05 Å². The van der Waals surface area contributed by atoms with Gasteiger partial charge < -0.3 is 9.05 Å². The topological polar surface area (TPSA) is 48.4 Å². The lowest BCUT2D eigenvalue weighted by Gasteiger charge is -2.18. The summed E-state index contributed by atoms with van der Waals surface area (Å²) in [7, 11) is -2.98. The van der Waals surface area contributed by atoms with E-state index in [1.165, 1.54) is 0 Å². The van der Waals surface area contributed by atoms with Crippen LogP contribution in [0.25, 0.3) is 0 Å². The van der Waals surface area contributed by atoms with Gasteiger partial charge in [0.15, 0.2) is 0 Å². The standard InChI is InChI=1S/C15H26NO3P/c1-3-5-12-18-20(17,19-13-6-4-2)14-10-15-9-7-8-11-16-15/h7-9,11H,3-6,10,12-14H2,1-2H3. The van der Waals surface area contributed by atoms with E-state index in [1.54, 1.807) is 6.20 Å². The van der Waals surface area contributed by atoms with Crippen LogP contribution < -0.4 is 0 Å². The minimum Gasteiger partial charge on any atom is -0.309 e. The van der Waals surface area contributed by atoms with Crippen LogP contribution in [-0.2, 0) is 20.0 Å². The van der Waals surface area contributed by atoms with Crippen molar-refractivity contribution in [2.24, 2.45) is 0 Å². The zero-order chi connectivity index (χ0) is 14.7. The maximum absolute atomic E-state index is 12.7. The fraction of sp³-hybridized carbons (Fsp3) is 0.667. The van der Waals surface area contributed by atoms with Gasteiger partial charge in [-0.2, -0.15) is 0 Å². The number of rotatable bonds is 11. The van der Waals surface area contributed by atoms with Crippen molar-refractivity contribution in [2.45, 2.75) is 46.0 Å². The fourth-order valence-corrected chi connectivity index (χ4v) is 3.31. The van der Waals surface area contributed by atoms with Crippen molar-refractivity contribution < 1.29 is 13.6 Å². The molecule has 114 valence electrons. The van der Waals surface area contributed by atoms with Gasteiger partial charge in [-0.1, -0.05) is 32.8 Å². The van der Waals surface area contributed by atoms with E-state index in [1.807, 2.05) is 18.2 Å². The molecule has 0 radical (unpaired) electrons. The van der Waals surface area contributed by atoms with Crippen molar-refractivity contribution >= 4 is 7.60 Å². The summed E-state index contributed by atoms with van der Waals surface area (Å²) in [6.07, 6.45) is 6.63. The van der Waals surface area contributed by atoms with Crippen molar-refractivity contribution in [3.63, 3.8) is 0 Å². The molecule has 0 fully saturated rings. The molecule has 0 N–H and O–H groups in total. The third-order valence-corrected chi connectivity index (χ3v) is 4.86. The third kappa shape index (κ3) is 7.18. The molecular weight excluding hydrogens is 273 g/mol. The normalized spacial score (nSPS) is 11.7. The molecule has 0 saturated heterocycles. The largest absolute Gasteiger partial charge is 0.331 e. The van der Waals surface area contributed by atoms with E-state index in [-0.39, 0.29) is 0 Å². The Morgan fingerprint density at radius 2 is 1.75 bits per heavy atom. The van der Waals surface area contributed by atoms with Crippen LogP contribution in [0.15, 0.2) is 24.4 Å². The minimum atomic E-state index is -2.98. The molecule has 0 unspecified atom stereocenters. The van der Waals surface area contributed by atoms with Crippen molar-refractivity contribution in [3.8, 4) is 0 Å². The molecule has 1 heterocycles. The summed E-state index contributed by atoms with van der Waals surface area (Å²) in [5, 5.41) is 0. The van der Waals surface area contributed by atoms with Crippen molar-refractivity contribution in [1.82, 2.24) is 4.98 Å². The molecule has 0 atom stereocenters. The molecule has 0 aliphatic rings. The van der Waals surface area contributed by atoms with Crippen molar-refractivity contribution in [2.75, 3.05) is 19.4 Å². The maximum atomic E-state index is 12.7. The summed E-state index contributed by atoms with van der Waals surface area (Å²) in [6.45, 7) is 5.17. The van der Waals surface area contributed by atoms with Crippen LogP contribution in [0.4, 0.5) is 0 Å². The SMILES string of the molecule is CCCCOP(=O)(CCc1ccccn1)OCCCC. The van der Waals surface area contributed by atoms with E-state index in [2.05, 4.69) is 18.8 Å². The Balaban J connectivity index is 2.49. The van der Waals surface area contributed by atoms with Gasteiger partial charge in [0, 0.05) is 18.3 Å². The minimum absolute atomic E-state index is 0.400. The summed E-state index contributed by atoms with van der Waals surface area (Å²) in [6, 6.07) is 5.74. The van der Waals surface area contributed by atoms with Crippen LogP contribution in [0.1, 0.15) is 45.2 Å². The van der Waals surface area contributed by atoms with E-state index in [0.29, 0.717) is 25.8 Å². The van der Waals surface area contributed by atoms with E-state index in [9.17, 15) is 4.57 Å². The second-order valence-corrected chi connectivity index (χ2v) is 6.96. The summed E-state index contributed by atoms with van der Waals surface area (Å²) >= 11 is 0. The molecule has 4 nitrogen and oxygen atoms in total. The predicted molar refractivity (Wildman–Crippen MR) is 82.1 cm³/mol. The second kappa shape index (κ2) is 10.1. The average molecular weight is 299 g/mol. The molecule has 1 aromatic heterocycles. The Labute approximate surface area is 122 Å². The molecule has 0 aliphatic heterocycles. The lowest BCUT2D eigenvalue weighted by molar-refractivity contribution is 0.200. The van der Waals surface area contributed by atoms with Gasteiger partial charge in [0.2, 0.25) is 0 Å². The average Bonchev–Trinajstić information content (AvgIpc) is 2.47. The van der Waals surface area contributed by atoms with Crippen molar-refractivity contribution in [1.29, 1.82) is 0 Å². The van der Waals surface area contributed by atoms with Gasteiger partial charge >= 0.3 is 7.60 Å². The molecule has 0 bridgehead atoms. The van der Waals surface area contributed by atoms with Crippen LogP contribution in [-0.4, -0.2) is 24.4 Å². The van der Waals surface area contributed by atoms with Gasteiger partial charge in [-0.3, -0.25) is 9.55 Å². The molecule has 20 heavy (non-hydrogen) atoms. The Bertz CT molecular complexity index is 383. The molecule has 5 heteroatoms. The molecule has 1 rings (SSSR count). The number of hydrogen-bond donors (Lipinski definition) is 0. The van der Waals surface area contributed by atoms with Crippen LogP contribution in [0, 0.1) is 0 Å². The number of hydrogen-bond acceptors (Lipinski definition) is 4. The van der Waals surface area contributed by atoms with Crippen LogP contribution in [0.3, 0.4) is 0 Å². The fourth-order valence-electron chi connectivity index (χ4n) is 1.66. The zero-order valence-electron chi connectivity index (χ0n) is 12.6. The smallest absolute Gasteiger partial charge is 0.309 e. The number of unbranched alkanes of at least 4 members (excludes halogenated alkanes) is 2. The van der Waals surface area contributed by atoms with Gasteiger partial charge in [-0.05, 0) is 25.0 Å². The highest BCUT2D eigenvalue weighted by Gasteiger charge is 2.24. The quantitative estimate of drug-likeness (QED) is 0.447. The first kappa shape index (κ1) is 17.4. The highest BCUT2D eigenvalue weighted by molar-refractivity contribution is 7.53. The summed E-state index contributed by atoms with van der Waals surface area (Å²) in [5.74, 6) is 0. The zero-order valence-corrected chi connectivity index (χ0v) is 13.5. The highest BCUT2D eigenvalue weighted by atomic mass is 31.2. The van der Waals surface area contributed by atoms with Gasteiger partial charge in [0.1, 0.15) is 0 Å². The molecule has 1 aromatic rings. The maximum Gasteiger partial charge on any atom is 0.331 e. The monoisotopic (exact) mass is 299 g/mol. The first-order valence-corrected chi connectivity index (χ1v) is 9.21.